The minimum absolute atomic E-state index is 0.00262. The average Bonchev–Trinajstić information content (AvgIpc) is 3.32. The molecule has 0 spiro atoms. The molecule has 1 aliphatic rings. The summed E-state index contributed by atoms with van der Waals surface area (Å²) in [5, 5.41) is 0. The summed E-state index contributed by atoms with van der Waals surface area (Å²) in [6.45, 7) is 5.31. The number of hydrogen-bond donors (Lipinski definition) is 0. The molecule has 0 aliphatic carbocycles. The van der Waals surface area contributed by atoms with E-state index in [4.69, 9.17) is 30.1 Å². The summed E-state index contributed by atoms with van der Waals surface area (Å²) in [6, 6.07) is 7.73. The van der Waals surface area contributed by atoms with Crippen molar-refractivity contribution in [2.45, 2.75) is 26.8 Å². The largest absolute Gasteiger partial charge is 0.493 e. The first-order valence-electron chi connectivity index (χ1n) is 13.8. The van der Waals surface area contributed by atoms with Crippen molar-refractivity contribution in [3.8, 4) is 35.3 Å². The number of carbonyl (C=O) groups excluding carboxylic acids is 2. The molecule has 1 aromatic heterocycles. The number of carbonyl (C=O) groups is 2. The number of ether oxygens (including phenoxy) is 6. The second kappa shape index (κ2) is 15.1. The molecule has 11 nitrogen and oxygen atoms in total. The first-order chi connectivity index (χ1) is 21.7. The van der Waals surface area contributed by atoms with Gasteiger partial charge in [0.25, 0.3) is 5.56 Å². The van der Waals surface area contributed by atoms with Crippen molar-refractivity contribution in [1.82, 2.24) is 4.57 Å². The number of benzene rings is 2. The number of allylic oxidation sites excluding steroid dienone is 1. The van der Waals surface area contributed by atoms with E-state index >= 15 is 0 Å². The maximum absolute atomic E-state index is 14.2. The summed E-state index contributed by atoms with van der Waals surface area (Å²) in [7, 11) is 2.79. The Hall–Kier alpha value is -4.29. The third kappa shape index (κ3) is 7.34. The minimum Gasteiger partial charge on any atom is -0.493 e. The summed E-state index contributed by atoms with van der Waals surface area (Å²) in [4.78, 5) is 44.2. The predicted octanol–water partition coefficient (Wildman–Crippen LogP) is 3.37. The highest BCUT2D eigenvalue weighted by Gasteiger charge is 2.34. The van der Waals surface area contributed by atoms with Gasteiger partial charge < -0.3 is 28.4 Å². The lowest BCUT2D eigenvalue weighted by molar-refractivity contribution is -0.143. The zero-order chi connectivity index (χ0) is 32.7. The van der Waals surface area contributed by atoms with Crippen LogP contribution in [-0.2, 0) is 19.1 Å². The molecular formula is C32H31IN2O9S. The first kappa shape index (κ1) is 33.6. The van der Waals surface area contributed by atoms with Crippen LogP contribution >= 0.6 is 33.9 Å². The summed E-state index contributed by atoms with van der Waals surface area (Å²) in [5.74, 6) is 2.76. The Kier molecular flexibility index (Phi) is 11.3. The Morgan fingerprint density at radius 3 is 2.53 bits per heavy atom. The molecule has 4 rings (SSSR count). The van der Waals surface area contributed by atoms with Crippen LogP contribution < -0.4 is 33.8 Å². The van der Waals surface area contributed by atoms with Crippen molar-refractivity contribution in [2.24, 2.45) is 4.99 Å². The van der Waals surface area contributed by atoms with E-state index in [-0.39, 0.29) is 31.0 Å². The highest BCUT2D eigenvalue weighted by molar-refractivity contribution is 14.1. The maximum atomic E-state index is 14.2. The van der Waals surface area contributed by atoms with Gasteiger partial charge in [0.05, 0.1) is 49.3 Å². The van der Waals surface area contributed by atoms with Gasteiger partial charge in [-0.25, -0.2) is 14.6 Å². The fraction of sp³-hybridized carbons (Fsp3) is 0.312. The van der Waals surface area contributed by atoms with Crippen LogP contribution in [0.25, 0.3) is 6.08 Å². The molecule has 0 N–H and O–H groups in total. The van der Waals surface area contributed by atoms with E-state index in [1.165, 1.54) is 18.8 Å². The SMILES string of the molecule is C#CCOc1c(/C=c2/sc3n(c2=O)[C@@H](c2ccc(OCC(=O)OC)c(OCC)c2)C(C(=O)OCC)=C(C)N=3)cc(I)cc1OC. The number of methoxy groups -OCH3 is 2. The van der Waals surface area contributed by atoms with Crippen LogP contribution in [0.15, 0.2) is 51.4 Å². The smallest absolute Gasteiger partial charge is 0.343 e. The lowest BCUT2D eigenvalue weighted by Crippen LogP contribution is -2.40. The van der Waals surface area contributed by atoms with Gasteiger partial charge in [0.1, 0.15) is 6.61 Å². The fourth-order valence-corrected chi connectivity index (χ4v) is 6.30. The monoisotopic (exact) mass is 746 g/mol. The number of fused-ring (bicyclic) bond motifs is 1. The number of terminal acetylenes is 1. The minimum atomic E-state index is -0.904. The van der Waals surface area contributed by atoms with Gasteiger partial charge in [0.2, 0.25) is 0 Å². The normalized spacial score (nSPS) is 14.2. The summed E-state index contributed by atoms with van der Waals surface area (Å²) >= 11 is 3.32. The molecule has 45 heavy (non-hydrogen) atoms. The van der Waals surface area contributed by atoms with E-state index in [1.54, 1.807) is 51.1 Å². The Balaban J connectivity index is 1.94. The van der Waals surface area contributed by atoms with Crippen LogP contribution in [0, 0.1) is 15.9 Å². The van der Waals surface area contributed by atoms with E-state index in [0.29, 0.717) is 55.8 Å². The Bertz CT molecular complexity index is 1870. The van der Waals surface area contributed by atoms with Crippen molar-refractivity contribution in [1.29, 1.82) is 0 Å². The molecule has 0 bridgehead atoms. The highest BCUT2D eigenvalue weighted by atomic mass is 127. The molecule has 0 saturated heterocycles. The molecule has 2 heterocycles. The highest BCUT2D eigenvalue weighted by Crippen LogP contribution is 2.37. The molecule has 0 radical (unpaired) electrons. The van der Waals surface area contributed by atoms with Gasteiger partial charge in [-0.2, -0.15) is 0 Å². The number of nitrogens with zero attached hydrogens (tertiary/aromatic N) is 2. The molecule has 0 unspecified atom stereocenters. The van der Waals surface area contributed by atoms with Crippen LogP contribution in [0.1, 0.15) is 37.9 Å². The third-order valence-corrected chi connectivity index (χ3v) is 8.13. The van der Waals surface area contributed by atoms with E-state index in [2.05, 4.69) is 38.2 Å². The summed E-state index contributed by atoms with van der Waals surface area (Å²) in [6.07, 6.45) is 7.13. The van der Waals surface area contributed by atoms with E-state index < -0.39 is 18.0 Å². The summed E-state index contributed by atoms with van der Waals surface area (Å²) in [5.41, 5.74) is 1.35. The van der Waals surface area contributed by atoms with E-state index in [0.717, 1.165) is 14.9 Å². The molecule has 1 atom stereocenters. The van der Waals surface area contributed by atoms with Gasteiger partial charge in [-0.1, -0.05) is 23.3 Å². The second-order valence-electron chi connectivity index (χ2n) is 9.33. The predicted molar refractivity (Wildman–Crippen MR) is 176 cm³/mol. The molecule has 2 aromatic carbocycles. The number of esters is 2. The average molecular weight is 747 g/mol. The summed E-state index contributed by atoms with van der Waals surface area (Å²) < 4.78 is 35.5. The molecule has 0 saturated carbocycles. The Morgan fingerprint density at radius 2 is 1.87 bits per heavy atom. The topological polar surface area (TPSA) is 124 Å². The van der Waals surface area contributed by atoms with Gasteiger partial charge in [-0.3, -0.25) is 9.36 Å². The number of thiazole rings is 1. The number of aromatic nitrogens is 1. The second-order valence-corrected chi connectivity index (χ2v) is 11.6. The molecule has 3 aromatic rings. The fourth-order valence-electron chi connectivity index (χ4n) is 4.64. The van der Waals surface area contributed by atoms with Crippen LogP contribution in [0.5, 0.6) is 23.0 Å². The number of rotatable bonds is 12. The molecule has 0 amide bonds. The maximum Gasteiger partial charge on any atom is 0.343 e. The van der Waals surface area contributed by atoms with Crippen LogP contribution in [0.3, 0.4) is 0 Å². The van der Waals surface area contributed by atoms with Gasteiger partial charge in [0.15, 0.2) is 34.4 Å². The Labute approximate surface area is 277 Å². The van der Waals surface area contributed by atoms with Crippen LogP contribution in [0.4, 0.5) is 0 Å². The van der Waals surface area contributed by atoms with Crippen molar-refractivity contribution >= 4 is 51.9 Å². The molecule has 0 fully saturated rings. The number of hydrogen-bond acceptors (Lipinski definition) is 11. The molecule has 1 aliphatic heterocycles. The van der Waals surface area contributed by atoms with Gasteiger partial charge >= 0.3 is 11.9 Å². The van der Waals surface area contributed by atoms with E-state index in [9.17, 15) is 14.4 Å². The first-order valence-corrected chi connectivity index (χ1v) is 15.7. The van der Waals surface area contributed by atoms with Gasteiger partial charge in [-0.05, 0) is 79.3 Å². The van der Waals surface area contributed by atoms with Gasteiger partial charge in [-0.15, -0.1) is 6.42 Å². The standard InChI is InChI=1S/C32H31IN2O9S/c1-7-12-43-29-20(13-21(33)16-24(29)39-5)15-25-30(37)35-28(27(31(38)42-9-3)18(4)34-32(35)45-25)19-10-11-22(23(14-19)41-8-2)44-17-26(36)40-6/h1,10-11,13-16,28H,8-9,12,17H2,2-6H3/b25-15+/t28-/m0/s1. The zero-order valence-corrected chi connectivity index (χ0v) is 28.3. The quantitative estimate of drug-likeness (QED) is 0.156. The molecule has 236 valence electrons. The molecule has 13 heteroatoms. The molecular weight excluding hydrogens is 715 g/mol. The van der Waals surface area contributed by atoms with E-state index in [1.807, 2.05) is 6.07 Å². The Morgan fingerprint density at radius 1 is 1.09 bits per heavy atom. The van der Waals surface area contributed by atoms with Gasteiger partial charge in [0, 0.05) is 9.13 Å². The van der Waals surface area contributed by atoms with Crippen molar-refractivity contribution in [3.05, 3.63) is 76.0 Å². The number of halogens is 1. The van der Waals surface area contributed by atoms with Crippen molar-refractivity contribution < 1.29 is 38.0 Å². The van der Waals surface area contributed by atoms with Crippen LogP contribution in [-0.4, -0.2) is 57.2 Å². The van der Waals surface area contributed by atoms with Crippen molar-refractivity contribution in [2.75, 3.05) is 40.6 Å². The van der Waals surface area contributed by atoms with Crippen LogP contribution in [0.2, 0.25) is 0 Å². The zero-order valence-electron chi connectivity index (χ0n) is 25.3. The van der Waals surface area contributed by atoms with Crippen molar-refractivity contribution in [3.63, 3.8) is 0 Å². The lowest BCUT2D eigenvalue weighted by Gasteiger charge is -2.25. The lowest BCUT2D eigenvalue weighted by atomic mass is 9.95. The third-order valence-electron chi connectivity index (χ3n) is 6.53.